The Labute approximate surface area is 130 Å². The second-order valence-corrected chi connectivity index (χ2v) is 7.33. The number of benzene rings is 1. The second kappa shape index (κ2) is 6.66. The van der Waals surface area contributed by atoms with Crippen LogP contribution in [0.25, 0.3) is 0 Å². The highest BCUT2D eigenvalue weighted by molar-refractivity contribution is 7.89. The quantitative estimate of drug-likeness (QED) is 0.868. The molecule has 6 nitrogen and oxygen atoms in total. The van der Waals surface area contributed by atoms with Crippen LogP contribution in [-0.2, 0) is 10.0 Å². The lowest BCUT2D eigenvalue weighted by atomic mass is 9.87. The van der Waals surface area contributed by atoms with E-state index in [-0.39, 0.29) is 28.2 Å². The van der Waals surface area contributed by atoms with E-state index in [1.54, 1.807) is 0 Å². The van der Waals surface area contributed by atoms with Crippen molar-refractivity contribution >= 4 is 16.0 Å². The van der Waals surface area contributed by atoms with E-state index < -0.39 is 16.0 Å². The highest BCUT2D eigenvalue weighted by Gasteiger charge is 2.28. The number of ether oxygens (including phenoxy) is 1. The van der Waals surface area contributed by atoms with Crippen molar-refractivity contribution in [2.45, 2.75) is 43.5 Å². The second-order valence-electron chi connectivity index (χ2n) is 5.64. The molecule has 1 aromatic rings. The molecule has 0 radical (unpaired) electrons. The first-order valence-electron chi connectivity index (χ1n) is 7.27. The molecule has 0 heterocycles. The number of carbonyl (C=O) groups excluding carboxylic acids is 1. The Morgan fingerprint density at radius 2 is 2.00 bits per heavy atom. The number of sulfonamides is 1. The van der Waals surface area contributed by atoms with Gasteiger partial charge in [-0.1, -0.05) is 19.8 Å². The summed E-state index contributed by atoms with van der Waals surface area (Å²) in [6.07, 6.45) is 3.84. The summed E-state index contributed by atoms with van der Waals surface area (Å²) in [6, 6.07) is 3.51. The van der Waals surface area contributed by atoms with Gasteiger partial charge in [0.25, 0.3) is 0 Å². The molecule has 0 amide bonds. The molecule has 0 spiro atoms. The van der Waals surface area contributed by atoms with Gasteiger partial charge in [0, 0.05) is 6.04 Å². The molecular formula is C15H20NO5S-. The monoisotopic (exact) mass is 326 g/mol. The van der Waals surface area contributed by atoms with Crippen molar-refractivity contribution in [3.05, 3.63) is 23.8 Å². The van der Waals surface area contributed by atoms with Crippen molar-refractivity contribution in [1.82, 2.24) is 4.72 Å². The van der Waals surface area contributed by atoms with Crippen LogP contribution in [0.5, 0.6) is 5.75 Å². The first kappa shape index (κ1) is 16.8. The van der Waals surface area contributed by atoms with E-state index in [0.717, 1.165) is 31.7 Å². The molecule has 122 valence electrons. The maximum atomic E-state index is 12.6. The molecule has 2 atom stereocenters. The van der Waals surface area contributed by atoms with Crippen LogP contribution < -0.4 is 14.6 Å². The molecule has 1 aliphatic rings. The van der Waals surface area contributed by atoms with Crippen molar-refractivity contribution in [1.29, 1.82) is 0 Å². The van der Waals surface area contributed by atoms with E-state index in [1.165, 1.54) is 19.2 Å². The van der Waals surface area contributed by atoms with Gasteiger partial charge in [0.1, 0.15) is 10.6 Å². The normalized spacial score (nSPS) is 22.3. The van der Waals surface area contributed by atoms with Gasteiger partial charge in [0.05, 0.1) is 13.1 Å². The molecule has 2 rings (SSSR count). The zero-order chi connectivity index (χ0) is 16.3. The largest absolute Gasteiger partial charge is 0.545 e. The summed E-state index contributed by atoms with van der Waals surface area (Å²) >= 11 is 0. The Balaban J connectivity index is 2.35. The average Bonchev–Trinajstić information content (AvgIpc) is 2.48. The van der Waals surface area contributed by atoms with E-state index >= 15 is 0 Å². The van der Waals surface area contributed by atoms with Crippen LogP contribution in [0.15, 0.2) is 23.1 Å². The zero-order valence-electron chi connectivity index (χ0n) is 12.7. The fraction of sp³-hybridized carbons (Fsp3) is 0.533. The molecule has 0 bridgehead atoms. The molecule has 0 saturated heterocycles. The van der Waals surface area contributed by atoms with E-state index in [9.17, 15) is 18.3 Å². The number of methoxy groups -OCH3 is 1. The predicted octanol–water partition coefficient (Wildman–Crippen LogP) is 0.916. The number of hydrogen-bond donors (Lipinski definition) is 1. The highest BCUT2D eigenvalue weighted by Crippen LogP contribution is 2.28. The van der Waals surface area contributed by atoms with Gasteiger partial charge in [0.2, 0.25) is 10.0 Å². The molecule has 1 saturated carbocycles. The Bertz CT molecular complexity index is 656. The van der Waals surface area contributed by atoms with Crippen molar-refractivity contribution in [2.75, 3.05) is 7.11 Å². The number of hydrogen-bond acceptors (Lipinski definition) is 5. The molecule has 22 heavy (non-hydrogen) atoms. The summed E-state index contributed by atoms with van der Waals surface area (Å²) in [6.45, 7) is 2.02. The smallest absolute Gasteiger partial charge is 0.244 e. The van der Waals surface area contributed by atoms with Crippen LogP contribution in [0.2, 0.25) is 0 Å². The minimum Gasteiger partial charge on any atom is -0.545 e. The molecule has 1 aromatic carbocycles. The fourth-order valence-corrected chi connectivity index (χ4v) is 4.34. The van der Waals surface area contributed by atoms with E-state index in [0.29, 0.717) is 0 Å². The third-order valence-corrected chi connectivity index (χ3v) is 5.62. The van der Waals surface area contributed by atoms with Crippen molar-refractivity contribution < 1.29 is 23.1 Å². The summed E-state index contributed by atoms with van der Waals surface area (Å²) in [5, 5.41) is 11.0. The van der Waals surface area contributed by atoms with Gasteiger partial charge in [0.15, 0.2) is 0 Å². The van der Waals surface area contributed by atoms with Crippen LogP contribution in [0.1, 0.15) is 43.0 Å². The molecular weight excluding hydrogens is 306 g/mol. The summed E-state index contributed by atoms with van der Waals surface area (Å²) in [4.78, 5) is 10.8. The maximum absolute atomic E-state index is 12.6. The molecule has 7 heteroatoms. The summed E-state index contributed by atoms with van der Waals surface area (Å²) in [5.41, 5.74) is -0.196. The maximum Gasteiger partial charge on any atom is 0.244 e. The van der Waals surface area contributed by atoms with Crippen LogP contribution >= 0.6 is 0 Å². The van der Waals surface area contributed by atoms with E-state index in [4.69, 9.17) is 4.74 Å². The van der Waals surface area contributed by atoms with Gasteiger partial charge >= 0.3 is 0 Å². The van der Waals surface area contributed by atoms with Gasteiger partial charge in [-0.05, 0) is 42.5 Å². The zero-order valence-corrected chi connectivity index (χ0v) is 13.5. The third kappa shape index (κ3) is 3.59. The number of carbonyl (C=O) groups is 1. The van der Waals surface area contributed by atoms with Crippen molar-refractivity contribution in [3.63, 3.8) is 0 Å². The van der Waals surface area contributed by atoms with Crippen LogP contribution in [0.4, 0.5) is 0 Å². The van der Waals surface area contributed by atoms with Gasteiger partial charge in [-0.15, -0.1) is 0 Å². The van der Waals surface area contributed by atoms with E-state index in [1.807, 2.05) is 6.92 Å². The third-order valence-electron chi connectivity index (χ3n) is 4.11. The lowest BCUT2D eigenvalue weighted by Gasteiger charge is -2.29. The number of aromatic carboxylic acids is 1. The Hall–Kier alpha value is -1.60. The van der Waals surface area contributed by atoms with Crippen LogP contribution in [-0.4, -0.2) is 27.5 Å². The lowest BCUT2D eigenvalue weighted by molar-refractivity contribution is -0.255. The molecule has 1 aliphatic carbocycles. The van der Waals surface area contributed by atoms with E-state index in [2.05, 4.69) is 4.72 Å². The molecule has 1 fully saturated rings. The number of carboxylic acid groups (broad SMARTS) is 1. The topological polar surface area (TPSA) is 95.5 Å². The Morgan fingerprint density at radius 1 is 1.32 bits per heavy atom. The predicted molar refractivity (Wildman–Crippen MR) is 79.1 cm³/mol. The average molecular weight is 326 g/mol. The molecule has 0 aromatic heterocycles. The first-order valence-corrected chi connectivity index (χ1v) is 8.75. The first-order chi connectivity index (χ1) is 10.3. The van der Waals surface area contributed by atoms with Gasteiger partial charge in [-0.25, -0.2) is 13.1 Å². The van der Waals surface area contributed by atoms with Gasteiger partial charge in [-0.2, -0.15) is 0 Å². The Kier molecular flexibility index (Phi) is 5.08. The summed E-state index contributed by atoms with van der Waals surface area (Å²) in [5.74, 6) is -1.06. The molecule has 1 N–H and O–H groups in total. The minimum absolute atomic E-state index is 0.112. The number of nitrogens with one attached hydrogen (secondary N) is 1. The van der Waals surface area contributed by atoms with Crippen molar-refractivity contribution in [2.24, 2.45) is 5.92 Å². The number of carboxylic acids is 1. The standard InChI is InChI=1S/C15H21NO5S/c1-10-5-3-4-6-12(10)16-22(19,20)14-9-11(15(17)18)7-8-13(14)21-2/h7-10,12,16H,3-6H2,1-2H3,(H,17,18)/p-1/t10-,12-/m1/s1. The molecule has 0 unspecified atom stereocenters. The van der Waals surface area contributed by atoms with Crippen LogP contribution in [0.3, 0.4) is 0 Å². The minimum atomic E-state index is -3.86. The lowest BCUT2D eigenvalue weighted by Crippen LogP contribution is -2.41. The van der Waals surface area contributed by atoms with Gasteiger partial charge in [-0.3, -0.25) is 0 Å². The fourth-order valence-electron chi connectivity index (χ4n) is 2.77. The molecule has 0 aliphatic heterocycles. The Morgan fingerprint density at radius 3 is 2.59 bits per heavy atom. The highest BCUT2D eigenvalue weighted by atomic mass is 32.2. The van der Waals surface area contributed by atoms with Crippen LogP contribution in [0, 0.1) is 5.92 Å². The summed E-state index contributed by atoms with van der Waals surface area (Å²) < 4.78 is 32.9. The summed E-state index contributed by atoms with van der Waals surface area (Å²) in [7, 11) is -2.51. The SMILES string of the molecule is COc1ccc(C(=O)[O-])cc1S(=O)(=O)N[C@@H]1CCCC[C@H]1C. The van der Waals surface area contributed by atoms with Crippen molar-refractivity contribution in [3.8, 4) is 5.75 Å². The number of rotatable bonds is 5. The van der Waals surface area contributed by atoms with Gasteiger partial charge < -0.3 is 14.6 Å².